The van der Waals surface area contributed by atoms with Crippen molar-refractivity contribution < 1.29 is 9.18 Å². The number of hydrogen-bond donors (Lipinski definition) is 1. The van der Waals surface area contributed by atoms with Crippen molar-refractivity contribution in [1.29, 1.82) is 0 Å². The van der Waals surface area contributed by atoms with Crippen LogP contribution >= 0.6 is 0 Å². The summed E-state index contributed by atoms with van der Waals surface area (Å²) in [5, 5.41) is 0.955. The van der Waals surface area contributed by atoms with Gasteiger partial charge in [0.05, 0.1) is 0 Å². The van der Waals surface area contributed by atoms with E-state index in [1.165, 1.54) is 12.1 Å². The number of aromatic nitrogens is 1. The van der Waals surface area contributed by atoms with E-state index in [1.54, 1.807) is 18.3 Å². The fourth-order valence-corrected chi connectivity index (χ4v) is 2.35. The van der Waals surface area contributed by atoms with Gasteiger partial charge < -0.3 is 4.98 Å². The summed E-state index contributed by atoms with van der Waals surface area (Å²) in [5.41, 5.74) is 2.67. The summed E-state index contributed by atoms with van der Waals surface area (Å²) in [6.07, 6.45) is 2.81. The molecule has 1 heterocycles. The molecule has 20 heavy (non-hydrogen) atoms. The van der Waals surface area contributed by atoms with Crippen LogP contribution < -0.4 is 0 Å². The van der Waals surface area contributed by atoms with E-state index in [2.05, 4.69) is 4.98 Å². The second-order valence-electron chi connectivity index (χ2n) is 4.80. The minimum Gasteiger partial charge on any atom is -0.360 e. The lowest BCUT2D eigenvalue weighted by Gasteiger charge is -2.01. The van der Waals surface area contributed by atoms with Gasteiger partial charge in [0, 0.05) is 29.1 Å². The third-order valence-electron chi connectivity index (χ3n) is 3.44. The van der Waals surface area contributed by atoms with Gasteiger partial charge in [-0.25, -0.2) is 4.39 Å². The Morgan fingerprint density at radius 3 is 2.60 bits per heavy atom. The maximum absolute atomic E-state index is 12.8. The van der Waals surface area contributed by atoms with Crippen LogP contribution in [0.3, 0.4) is 0 Å². The average Bonchev–Trinajstić information content (AvgIpc) is 2.90. The number of carbonyl (C=O) groups is 1. The lowest BCUT2D eigenvalue weighted by molar-refractivity contribution is 0.0984. The van der Waals surface area contributed by atoms with Crippen molar-refractivity contribution >= 4 is 16.7 Å². The molecule has 3 heteroatoms. The molecule has 0 radical (unpaired) electrons. The molecule has 0 saturated carbocycles. The van der Waals surface area contributed by atoms with E-state index in [4.69, 9.17) is 0 Å². The van der Waals surface area contributed by atoms with Crippen LogP contribution in [0.5, 0.6) is 0 Å². The number of benzene rings is 2. The van der Waals surface area contributed by atoms with Crippen LogP contribution in [0, 0.1) is 5.82 Å². The van der Waals surface area contributed by atoms with Crippen LogP contribution in [-0.4, -0.2) is 10.8 Å². The molecule has 1 aromatic heterocycles. The van der Waals surface area contributed by atoms with E-state index >= 15 is 0 Å². The van der Waals surface area contributed by atoms with E-state index < -0.39 is 0 Å². The van der Waals surface area contributed by atoms with Crippen molar-refractivity contribution in [3.05, 3.63) is 71.7 Å². The predicted octanol–water partition coefficient (Wildman–Crippen LogP) is 4.12. The summed E-state index contributed by atoms with van der Waals surface area (Å²) in [6.45, 7) is 0. The normalized spacial score (nSPS) is 10.8. The van der Waals surface area contributed by atoms with Gasteiger partial charge >= 0.3 is 0 Å². The van der Waals surface area contributed by atoms with E-state index in [-0.39, 0.29) is 11.6 Å². The Morgan fingerprint density at radius 2 is 1.80 bits per heavy atom. The summed E-state index contributed by atoms with van der Waals surface area (Å²) < 4.78 is 12.8. The summed E-state index contributed by atoms with van der Waals surface area (Å²) in [6, 6.07) is 14.0. The van der Waals surface area contributed by atoms with E-state index in [9.17, 15) is 9.18 Å². The summed E-state index contributed by atoms with van der Waals surface area (Å²) in [5.74, 6) is -0.150. The molecule has 0 fully saturated rings. The molecule has 0 atom stereocenters. The number of rotatable bonds is 4. The van der Waals surface area contributed by atoms with Crippen LogP contribution in [0.2, 0.25) is 0 Å². The van der Waals surface area contributed by atoms with Crippen molar-refractivity contribution in [3.8, 4) is 0 Å². The number of fused-ring (bicyclic) bond motifs is 1. The molecule has 100 valence electrons. The Balaban J connectivity index is 1.75. The van der Waals surface area contributed by atoms with Gasteiger partial charge in [-0.1, -0.05) is 30.3 Å². The van der Waals surface area contributed by atoms with E-state index in [1.807, 2.05) is 24.3 Å². The third-order valence-corrected chi connectivity index (χ3v) is 3.44. The first kappa shape index (κ1) is 12.6. The number of Topliss-reactive ketones (excluding diaryl/α,β-unsaturated/α-hetero) is 1. The number of halogens is 1. The van der Waals surface area contributed by atoms with Gasteiger partial charge in [0.15, 0.2) is 5.78 Å². The van der Waals surface area contributed by atoms with Crippen LogP contribution in [0.25, 0.3) is 10.9 Å². The number of nitrogens with one attached hydrogen (secondary N) is 1. The number of hydrogen-bond acceptors (Lipinski definition) is 1. The number of carbonyl (C=O) groups excluding carboxylic acids is 1. The highest BCUT2D eigenvalue weighted by molar-refractivity contribution is 6.07. The highest BCUT2D eigenvalue weighted by Gasteiger charge is 2.11. The number of aromatic amines is 1. The molecule has 0 aliphatic carbocycles. The highest BCUT2D eigenvalue weighted by atomic mass is 19.1. The first-order valence-electron chi connectivity index (χ1n) is 6.58. The highest BCUT2D eigenvalue weighted by Crippen LogP contribution is 2.19. The second kappa shape index (κ2) is 5.29. The van der Waals surface area contributed by atoms with Crippen LogP contribution in [0.15, 0.2) is 54.7 Å². The fourth-order valence-electron chi connectivity index (χ4n) is 2.35. The zero-order chi connectivity index (χ0) is 13.9. The zero-order valence-electron chi connectivity index (χ0n) is 10.9. The summed E-state index contributed by atoms with van der Waals surface area (Å²) >= 11 is 0. The lowest BCUT2D eigenvalue weighted by atomic mass is 10.0. The molecule has 0 spiro atoms. The van der Waals surface area contributed by atoms with Gasteiger partial charge in [0.25, 0.3) is 0 Å². The van der Waals surface area contributed by atoms with Crippen LogP contribution in [0.1, 0.15) is 22.3 Å². The number of H-pyrrole nitrogens is 1. The van der Waals surface area contributed by atoms with Crippen molar-refractivity contribution in [3.63, 3.8) is 0 Å². The maximum Gasteiger partial charge on any atom is 0.165 e. The molecule has 0 bridgehead atoms. The minimum absolute atomic E-state index is 0.103. The monoisotopic (exact) mass is 267 g/mol. The topological polar surface area (TPSA) is 32.9 Å². The van der Waals surface area contributed by atoms with E-state index in [0.29, 0.717) is 12.8 Å². The van der Waals surface area contributed by atoms with Gasteiger partial charge in [0.2, 0.25) is 0 Å². The largest absolute Gasteiger partial charge is 0.360 e. The summed E-state index contributed by atoms with van der Waals surface area (Å²) in [4.78, 5) is 15.4. The standard InChI is InChI=1S/C17H14FNO/c18-13-8-5-12(6-9-13)7-10-17(20)15-11-19-16-4-2-1-3-14(15)16/h1-6,8-9,11,19H,7,10H2. The zero-order valence-corrected chi connectivity index (χ0v) is 10.9. The smallest absolute Gasteiger partial charge is 0.165 e. The van der Waals surface area contributed by atoms with Gasteiger partial charge in [-0.3, -0.25) is 4.79 Å². The molecule has 0 aliphatic heterocycles. The molecule has 0 aliphatic rings. The summed E-state index contributed by atoms with van der Waals surface area (Å²) in [7, 11) is 0. The molecule has 0 amide bonds. The Labute approximate surface area is 116 Å². The molecular weight excluding hydrogens is 253 g/mol. The lowest BCUT2D eigenvalue weighted by Crippen LogP contribution is -2.00. The minimum atomic E-state index is -0.253. The Hall–Kier alpha value is -2.42. The fraction of sp³-hybridized carbons (Fsp3) is 0.118. The van der Waals surface area contributed by atoms with Gasteiger partial charge in [-0.05, 0) is 30.2 Å². The molecule has 3 aromatic rings. The van der Waals surface area contributed by atoms with Gasteiger partial charge in [-0.2, -0.15) is 0 Å². The number of ketones is 1. The van der Waals surface area contributed by atoms with Crippen molar-refractivity contribution in [2.75, 3.05) is 0 Å². The van der Waals surface area contributed by atoms with Crippen molar-refractivity contribution in [1.82, 2.24) is 4.98 Å². The van der Waals surface area contributed by atoms with Crippen molar-refractivity contribution in [2.45, 2.75) is 12.8 Å². The first-order chi connectivity index (χ1) is 9.74. The first-order valence-corrected chi connectivity index (χ1v) is 6.58. The Morgan fingerprint density at radius 1 is 1.05 bits per heavy atom. The Bertz CT molecular complexity index is 743. The predicted molar refractivity (Wildman–Crippen MR) is 77.4 cm³/mol. The second-order valence-corrected chi connectivity index (χ2v) is 4.80. The molecule has 2 nitrogen and oxygen atoms in total. The maximum atomic E-state index is 12.8. The quantitative estimate of drug-likeness (QED) is 0.708. The average molecular weight is 267 g/mol. The molecule has 0 saturated heterocycles. The SMILES string of the molecule is O=C(CCc1ccc(F)cc1)c1c[nH]c2ccccc12. The van der Waals surface area contributed by atoms with Crippen LogP contribution in [0.4, 0.5) is 4.39 Å². The number of aryl methyl sites for hydroxylation is 1. The van der Waals surface area contributed by atoms with E-state index in [0.717, 1.165) is 22.0 Å². The molecule has 1 N–H and O–H groups in total. The van der Waals surface area contributed by atoms with Crippen molar-refractivity contribution in [2.24, 2.45) is 0 Å². The molecule has 3 rings (SSSR count). The number of para-hydroxylation sites is 1. The van der Waals surface area contributed by atoms with Gasteiger partial charge in [-0.15, -0.1) is 0 Å². The molecular formula is C17H14FNO. The molecule has 0 unspecified atom stereocenters. The molecule has 2 aromatic carbocycles. The van der Waals surface area contributed by atoms with Crippen LogP contribution in [-0.2, 0) is 6.42 Å². The third kappa shape index (κ3) is 2.48. The van der Waals surface area contributed by atoms with Gasteiger partial charge in [0.1, 0.15) is 5.82 Å². The Kier molecular flexibility index (Phi) is 3.33.